The number of aromatic nitrogens is 4. The standard InChI is InChI=1S/C42H34N4O2/c47-41-31-15-7-9-17-33(31)43-39(37-29-21-19-27(23-29)35(37)25-11-3-1-4-12-25)45(41)46-40(44-34-18-10-8-16-32(34)42(46)48)38-30-22-20-28(24-30)36(38)26-13-5-2-6-14-26/h1-22,27-30,35-38H,23-24H2/t27-,28-,29+,30+,35-,36-,37-,38-/m1/s1. The third-order valence-electron chi connectivity index (χ3n) is 11.6. The van der Waals surface area contributed by atoms with Crippen LogP contribution in [0.5, 0.6) is 0 Å². The van der Waals surface area contributed by atoms with Gasteiger partial charge in [0.2, 0.25) is 0 Å². The SMILES string of the molecule is O=c1c2ccccc2nc([C@H]2[C@H](c3ccccc3)[C@@H]3C=C[C@H]2C3)n1-n1c([C@H]2[C@H](c3ccccc3)[C@@H]3C=C[C@H]2C3)nc2ccccc2c1=O. The maximum absolute atomic E-state index is 15.0. The van der Waals surface area contributed by atoms with Crippen molar-refractivity contribution in [2.24, 2.45) is 23.7 Å². The molecule has 0 aliphatic heterocycles. The average molecular weight is 627 g/mol. The molecule has 8 atom stereocenters. The fourth-order valence-corrected chi connectivity index (χ4v) is 9.71. The maximum Gasteiger partial charge on any atom is 0.280 e. The van der Waals surface area contributed by atoms with Gasteiger partial charge in [-0.05, 0) is 71.9 Å². The van der Waals surface area contributed by atoms with Crippen molar-refractivity contribution in [3.8, 4) is 0 Å². The van der Waals surface area contributed by atoms with Gasteiger partial charge in [-0.25, -0.2) is 9.97 Å². The van der Waals surface area contributed by atoms with Crippen LogP contribution in [0.25, 0.3) is 21.8 Å². The van der Waals surface area contributed by atoms with E-state index in [1.165, 1.54) is 11.1 Å². The minimum absolute atomic E-state index is 0.0872. The predicted molar refractivity (Wildman–Crippen MR) is 188 cm³/mol. The zero-order valence-electron chi connectivity index (χ0n) is 26.3. The van der Waals surface area contributed by atoms with Gasteiger partial charge in [-0.1, -0.05) is 109 Å². The van der Waals surface area contributed by atoms with E-state index in [-0.39, 0.29) is 46.6 Å². The third-order valence-corrected chi connectivity index (χ3v) is 11.6. The molecule has 2 aromatic heterocycles. The van der Waals surface area contributed by atoms with Gasteiger partial charge >= 0.3 is 0 Å². The highest BCUT2D eigenvalue weighted by Gasteiger charge is 2.50. The molecule has 4 bridgehead atoms. The molecule has 2 heterocycles. The van der Waals surface area contributed by atoms with Crippen LogP contribution in [0.4, 0.5) is 0 Å². The molecule has 4 aromatic carbocycles. The van der Waals surface area contributed by atoms with Gasteiger partial charge in [0.1, 0.15) is 11.6 Å². The zero-order valence-corrected chi connectivity index (χ0v) is 26.3. The van der Waals surface area contributed by atoms with Crippen molar-refractivity contribution in [2.45, 2.75) is 36.5 Å². The van der Waals surface area contributed by atoms with Gasteiger partial charge in [0.25, 0.3) is 11.1 Å². The Bertz CT molecular complexity index is 2240. The Morgan fingerprint density at radius 3 is 1.21 bits per heavy atom. The molecular weight excluding hydrogens is 592 g/mol. The van der Waals surface area contributed by atoms with E-state index in [2.05, 4.69) is 72.8 Å². The molecule has 6 heteroatoms. The molecule has 234 valence electrons. The van der Waals surface area contributed by atoms with Crippen LogP contribution in [0.15, 0.2) is 143 Å². The first kappa shape index (κ1) is 27.7. The first-order valence-electron chi connectivity index (χ1n) is 17.2. The Morgan fingerprint density at radius 1 is 0.438 bits per heavy atom. The van der Waals surface area contributed by atoms with Crippen LogP contribution in [-0.2, 0) is 0 Å². The van der Waals surface area contributed by atoms with Crippen LogP contribution in [0.1, 0.15) is 59.3 Å². The lowest BCUT2D eigenvalue weighted by Gasteiger charge is -2.33. The van der Waals surface area contributed by atoms with Gasteiger partial charge in [-0.2, -0.15) is 9.35 Å². The van der Waals surface area contributed by atoms with E-state index in [0.29, 0.717) is 45.3 Å². The van der Waals surface area contributed by atoms with E-state index in [9.17, 15) is 0 Å². The molecule has 0 amide bonds. The van der Waals surface area contributed by atoms with E-state index < -0.39 is 0 Å². The second-order valence-electron chi connectivity index (χ2n) is 14.0. The molecule has 2 fully saturated rings. The summed E-state index contributed by atoms with van der Waals surface area (Å²) in [7, 11) is 0. The first-order valence-corrected chi connectivity index (χ1v) is 17.2. The minimum atomic E-state index is -0.232. The third kappa shape index (κ3) is 3.98. The molecule has 6 nitrogen and oxygen atoms in total. The molecule has 48 heavy (non-hydrogen) atoms. The smallest absolute Gasteiger partial charge is 0.267 e. The highest BCUT2D eigenvalue weighted by atomic mass is 16.2. The lowest BCUT2D eigenvalue weighted by Crippen LogP contribution is -2.43. The molecule has 0 radical (unpaired) electrons. The largest absolute Gasteiger partial charge is 0.280 e. The van der Waals surface area contributed by atoms with Gasteiger partial charge in [0.05, 0.1) is 21.8 Å². The maximum atomic E-state index is 15.0. The van der Waals surface area contributed by atoms with E-state index in [0.717, 1.165) is 12.8 Å². The summed E-state index contributed by atoms with van der Waals surface area (Å²) in [5, 5.41) is 0.990. The molecule has 10 rings (SSSR count). The van der Waals surface area contributed by atoms with E-state index in [4.69, 9.17) is 9.97 Å². The van der Waals surface area contributed by atoms with E-state index >= 15 is 9.59 Å². The predicted octanol–water partition coefficient (Wildman–Crippen LogP) is 7.56. The Kier molecular flexibility index (Phi) is 6.11. The van der Waals surface area contributed by atoms with Crippen LogP contribution in [0, 0.1) is 23.7 Å². The Labute approximate surface area is 277 Å². The lowest BCUT2D eigenvalue weighted by atomic mass is 9.77. The molecule has 2 saturated carbocycles. The number of fused-ring (bicyclic) bond motifs is 6. The molecular formula is C42H34N4O2. The highest BCUT2D eigenvalue weighted by Crippen LogP contribution is 2.58. The topological polar surface area (TPSA) is 69.8 Å². The number of allylic oxidation sites excluding steroid dienone is 4. The summed E-state index contributed by atoms with van der Waals surface area (Å²) in [6, 6.07) is 36.3. The van der Waals surface area contributed by atoms with Crippen molar-refractivity contribution in [3.63, 3.8) is 0 Å². The van der Waals surface area contributed by atoms with Gasteiger partial charge in [0.15, 0.2) is 0 Å². The van der Waals surface area contributed by atoms with Crippen LogP contribution >= 0.6 is 0 Å². The van der Waals surface area contributed by atoms with Gasteiger partial charge < -0.3 is 0 Å². The summed E-state index contributed by atoms with van der Waals surface area (Å²) >= 11 is 0. The molecule has 0 spiro atoms. The van der Waals surface area contributed by atoms with Crippen molar-refractivity contribution in [3.05, 3.63) is 177 Å². The van der Waals surface area contributed by atoms with E-state index in [1.54, 1.807) is 9.35 Å². The Hall–Kier alpha value is -5.36. The summed E-state index contributed by atoms with van der Waals surface area (Å²) in [6.45, 7) is 0. The van der Waals surface area contributed by atoms with Gasteiger partial charge in [-0.3, -0.25) is 9.59 Å². The Balaban J connectivity index is 1.30. The number of hydrogen-bond acceptors (Lipinski definition) is 4. The summed E-state index contributed by atoms with van der Waals surface area (Å²) in [4.78, 5) is 40.7. The average Bonchev–Trinajstić information content (AvgIpc) is 3.95. The fraction of sp³-hybridized carbons (Fsp3) is 0.238. The van der Waals surface area contributed by atoms with Gasteiger partial charge in [0, 0.05) is 23.7 Å². The zero-order chi connectivity index (χ0) is 31.9. The van der Waals surface area contributed by atoms with E-state index in [1.807, 2.05) is 60.7 Å². The summed E-state index contributed by atoms with van der Waals surface area (Å²) in [6.07, 6.45) is 11.3. The van der Waals surface area contributed by atoms with Crippen LogP contribution in [0.2, 0.25) is 0 Å². The number of benzene rings is 4. The summed E-state index contributed by atoms with van der Waals surface area (Å²) < 4.78 is 3.29. The van der Waals surface area contributed by atoms with Crippen molar-refractivity contribution in [1.82, 2.24) is 19.3 Å². The van der Waals surface area contributed by atoms with Crippen LogP contribution in [0.3, 0.4) is 0 Å². The van der Waals surface area contributed by atoms with Crippen LogP contribution in [-0.4, -0.2) is 19.3 Å². The Morgan fingerprint density at radius 2 is 0.792 bits per heavy atom. The van der Waals surface area contributed by atoms with Crippen molar-refractivity contribution in [2.75, 3.05) is 0 Å². The second-order valence-corrected chi connectivity index (χ2v) is 14.0. The molecule has 4 aliphatic rings. The van der Waals surface area contributed by atoms with Gasteiger partial charge in [-0.15, -0.1) is 0 Å². The lowest BCUT2D eigenvalue weighted by molar-refractivity contribution is 0.399. The molecule has 4 aliphatic carbocycles. The monoisotopic (exact) mass is 626 g/mol. The first-order chi connectivity index (χ1) is 23.7. The highest BCUT2D eigenvalue weighted by molar-refractivity contribution is 5.79. The molecule has 0 saturated heterocycles. The number of nitrogens with zero attached hydrogens (tertiary/aromatic N) is 4. The number of para-hydroxylation sites is 2. The number of rotatable bonds is 5. The van der Waals surface area contributed by atoms with Crippen LogP contribution < -0.4 is 11.1 Å². The summed E-state index contributed by atoms with van der Waals surface area (Å²) in [5.41, 5.74) is 3.32. The number of hydrogen-bond donors (Lipinski definition) is 0. The van der Waals surface area contributed by atoms with Crippen molar-refractivity contribution in [1.29, 1.82) is 0 Å². The quantitative estimate of drug-likeness (QED) is 0.185. The molecule has 6 aromatic rings. The second kappa shape index (κ2) is 10.6. The van der Waals surface area contributed by atoms with Crippen molar-refractivity contribution < 1.29 is 0 Å². The minimum Gasteiger partial charge on any atom is -0.267 e. The molecule has 0 N–H and O–H groups in total. The fourth-order valence-electron chi connectivity index (χ4n) is 9.71. The normalized spacial score (nSPS) is 28.2. The van der Waals surface area contributed by atoms with Crippen molar-refractivity contribution >= 4 is 21.8 Å². The molecule has 0 unspecified atom stereocenters. The summed E-state index contributed by atoms with van der Waals surface area (Å²) in [5.74, 6) is 2.45.